The fourth-order valence-electron chi connectivity index (χ4n) is 6.69. The number of oxazole rings is 1. The van der Waals surface area contributed by atoms with E-state index in [4.69, 9.17) is 40.7 Å². The van der Waals surface area contributed by atoms with E-state index in [0.717, 1.165) is 38.9 Å². The van der Waals surface area contributed by atoms with Gasteiger partial charge in [-0.3, -0.25) is 14.6 Å². The number of fused-ring (bicyclic) bond motifs is 1. The molecule has 6 rings (SSSR count). The number of rotatable bonds is 20. The van der Waals surface area contributed by atoms with Gasteiger partial charge in [-0.15, -0.1) is 0 Å². The second-order valence-corrected chi connectivity index (χ2v) is 14.7. The lowest BCUT2D eigenvalue weighted by Gasteiger charge is -2.18. The summed E-state index contributed by atoms with van der Waals surface area (Å²) in [7, 11) is 0. The molecule has 4 aromatic carbocycles. The van der Waals surface area contributed by atoms with Crippen molar-refractivity contribution in [1.82, 2.24) is 20.6 Å². The van der Waals surface area contributed by atoms with Gasteiger partial charge in [0.2, 0.25) is 5.89 Å². The third kappa shape index (κ3) is 11.2. The Morgan fingerprint density at radius 1 is 0.783 bits per heavy atom. The van der Waals surface area contributed by atoms with E-state index in [-0.39, 0.29) is 39.3 Å². The number of hydrogen-bond acceptors (Lipinski definition) is 12. The van der Waals surface area contributed by atoms with Gasteiger partial charge in [-0.25, -0.2) is 4.98 Å². The van der Waals surface area contributed by atoms with E-state index in [1.165, 1.54) is 6.20 Å². The van der Waals surface area contributed by atoms with Crippen molar-refractivity contribution in [3.63, 3.8) is 0 Å². The van der Waals surface area contributed by atoms with Gasteiger partial charge in [0.1, 0.15) is 36.3 Å². The van der Waals surface area contributed by atoms with Gasteiger partial charge >= 0.3 is 11.9 Å². The maximum absolute atomic E-state index is 11.0. The van der Waals surface area contributed by atoms with Crippen molar-refractivity contribution in [1.29, 1.82) is 5.26 Å². The van der Waals surface area contributed by atoms with Crippen LogP contribution in [0.25, 0.3) is 33.7 Å². The van der Waals surface area contributed by atoms with Crippen LogP contribution in [0.4, 0.5) is 0 Å². The molecule has 0 aliphatic carbocycles. The van der Waals surface area contributed by atoms with Crippen molar-refractivity contribution < 1.29 is 43.9 Å². The molecule has 15 heteroatoms. The molecule has 2 atom stereocenters. The predicted octanol–water partition coefficient (Wildman–Crippen LogP) is 6.71. The van der Waals surface area contributed by atoms with E-state index < -0.39 is 30.6 Å². The van der Waals surface area contributed by atoms with Gasteiger partial charge in [0, 0.05) is 61.3 Å². The molecular formula is C45H44ClN5O9. The van der Waals surface area contributed by atoms with Gasteiger partial charge in [-0.1, -0.05) is 48.0 Å². The molecule has 0 saturated carbocycles. The Kier molecular flexibility index (Phi) is 14.5. The van der Waals surface area contributed by atoms with Crippen LogP contribution >= 0.6 is 11.6 Å². The van der Waals surface area contributed by atoms with Crippen molar-refractivity contribution in [3.8, 4) is 40.1 Å². The molecular weight excluding hydrogens is 790 g/mol. The molecule has 60 heavy (non-hydrogen) atoms. The maximum Gasteiger partial charge on any atom is 0.306 e. The normalized spacial score (nSPS) is 12.2. The highest BCUT2D eigenvalue weighted by Gasteiger charge is 2.18. The highest BCUT2D eigenvalue weighted by molar-refractivity contribution is 6.32. The predicted molar refractivity (Wildman–Crippen MR) is 223 cm³/mol. The summed E-state index contributed by atoms with van der Waals surface area (Å²) in [6, 6.07) is 24.8. The number of nitrogens with zero attached hydrogens (tertiary/aromatic N) is 3. The summed E-state index contributed by atoms with van der Waals surface area (Å²) < 4.78 is 18.8. The molecule has 0 aliphatic rings. The summed E-state index contributed by atoms with van der Waals surface area (Å²) in [6.07, 6.45) is 0.274. The fraction of sp³-hybridized carbons (Fsp3) is 0.267. The molecule has 0 fully saturated rings. The average Bonchev–Trinajstić information content (AvgIpc) is 3.63. The number of carboxylic acids is 2. The third-order valence-corrected chi connectivity index (χ3v) is 10.1. The van der Waals surface area contributed by atoms with Crippen LogP contribution in [0.3, 0.4) is 0 Å². The zero-order chi connectivity index (χ0) is 42.8. The topological polar surface area (TPSA) is 220 Å². The van der Waals surface area contributed by atoms with Crippen molar-refractivity contribution in [2.24, 2.45) is 0 Å². The lowest BCUT2D eigenvalue weighted by atomic mass is 9.91. The number of hydrogen-bond donors (Lipinski definition) is 6. The number of carboxylic acid groups (broad SMARTS) is 2. The molecule has 2 heterocycles. The first-order chi connectivity index (χ1) is 28.9. The number of aliphatic hydroxyl groups is 2. The Labute approximate surface area is 351 Å². The largest absolute Gasteiger partial charge is 0.488 e. The molecule has 6 N–H and O–H groups in total. The van der Waals surface area contributed by atoms with Crippen LogP contribution in [0.5, 0.6) is 11.5 Å². The summed E-state index contributed by atoms with van der Waals surface area (Å²) in [6.45, 7) is 5.16. The molecule has 14 nitrogen and oxygen atoms in total. The number of benzene rings is 4. The zero-order valence-corrected chi connectivity index (χ0v) is 33.7. The van der Waals surface area contributed by atoms with Crippen molar-refractivity contribution >= 4 is 34.6 Å². The zero-order valence-electron chi connectivity index (χ0n) is 32.9. The van der Waals surface area contributed by atoms with Gasteiger partial charge in [0.05, 0.1) is 35.6 Å². The summed E-state index contributed by atoms with van der Waals surface area (Å²) in [5, 5.41) is 53.6. The minimum absolute atomic E-state index is 0.0360. The second kappa shape index (κ2) is 20.1. The number of ether oxygens (including phenoxy) is 2. The van der Waals surface area contributed by atoms with E-state index in [9.17, 15) is 25.1 Å². The molecule has 0 spiro atoms. The minimum Gasteiger partial charge on any atom is -0.488 e. The molecule has 0 bridgehead atoms. The van der Waals surface area contributed by atoms with Crippen LogP contribution in [-0.4, -0.2) is 67.6 Å². The van der Waals surface area contributed by atoms with Crippen LogP contribution in [0.2, 0.25) is 5.02 Å². The van der Waals surface area contributed by atoms with Crippen molar-refractivity contribution in [2.45, 2.75) is 65.2 Å². The highest BCUT2D eigenvalue weighted by Crippen LogP contribution is 2.37. The number of nitrogens with one attached hydrogen (secondary N) is 2. The lowest BCUT2D eigenvalue weighted by Crippen LogP contribution is -2.28. The summed E-state index contributed by atoms with van der Waals surface area (Å²) in [5.41, 5.74) is 9.64. The first-order valence-electron chi connectivity index (χ1n) is 19.1. The van der Waals surface area contributed by atoms with Crippen LogP contribution in [0, 0.1) is 25.2 Å². The fourth-order valence-corrected chi connectivity index (χ4v) is 6.93. The van der Waals surface area contributed by atoms with Gasteiger partial charge < -0.3 is 45.0 Å². The van der Waals surface area contributed by atoms with Crippen molar-refractivity contribution in [2.75, 3.05) is 13.1 Å². The van der Waals surface area contributed by atoms with Gasteiger partial charge in [-0.2, -0.15) is 5.26 Å². The molecule has 0 saturated heterocycles. The minimum atomic E-state index is -1.10. The van der Waals surface area contributed by atoms with Crippen LogP contribution in [0.15, 0.2) is 89.6 Å². The van der Waals surface area contributed by atoms with Crippen LogP contribution in [0.1, 0.15) is 51.8 Å². The number of halogens is 1. The molecule has 0 unspecified atom stereocenters. The van der Waals surface area contributed by atoms with E-state index >= 15 is 0 Å². The number of aliphatic carboxylic acids is 2. The molecule has 310 valence electrons. The molecule has 0 amide bonds. The summed E-state index contributed by atoms with van der Waals surface area (Å²) in [5.74, 6) is -0.873. The number of aliphatic hydroxyl groups excluding tert-OH is 2. The Morgan fingerprint density at radius 2 is 1.45 bits per heavy atom. The molecule has 6 aromatic rings. The quantitative estimate of drug-likeness (QED) is 0.0471. The average molecular weight is 834 g/mol. The standard InChI is InChI=1S/C45H44ClN5O9/c1-26-31(25-59-41-16-40(58-24-30-11-29(17-47)19-48-20-30)32(13-38(41)46)21-50-23-34(53)15-44(56)57)5-3-6-35(26)36-7-4-8-37(27(36)2)45-51-39-10-9-28(12-42(39)60-45)18-49-22-33(52)14-43(54)55/h3-13,16,19-20,33-34,49-50,52-53H,14-15,18,21-25H2,1-2H3,(H,54,55)(H,56,57)/t33-,34-/m0/s1. The molecule has 0 radical (unpaired) electrons. The van der Waals surface area contributed by atoms with E-state index in [1.807, 2.05) is 68.4 Å². The number of carbonyl (C=O) groups is 2. The van der Waals surface area contributed by atoms with Gasteiger partial charge in [0.15, 0.2) is 5.58 Å². The van der Waals surface area contributed by atoms with Crippen LogP contribution < -0.4 is 20.1 Å². The number of nitriles is 1. The Bertz CT molecular complexity index is 2540. The molecule has 0 aliphatic heterocycles. The highest BCUT2D eigenvalue weighted by atomic mass is 35.5. The van der Waals surface area contributed by atoms with Gasteiger partial charge in [-0.05, 0) is 77.6 Å². The molecule has 2 aromatic heterocycles. The first kappa shape index (κ1) is 43.2. The summed E-state index contributed by atoms with van der Waals surface area (Å²) >= 11 is 6.76. The maximum atomic E-state index is 11.0. The van der Waals surface area contributed by atoms with Crippen molar-refractivity contribution in [3.05, 3.63) is 129 Å². The van der Waals surface area contributed by atoms with E-state index in [0.29, 0.717) is 56.7 Å². The SMILES string of the molecule is Cc1c(COc2cc(OCc3cncc(C#N)c3)c(CNC[C@@H](O)CC(=O)O)cc2Cl)cccc1-c1cccc(-c2nc3ccc(CNC[C@@H](O)CC(=O)O)cc3o2)c1C. The van der Waals surface area contributed by atoms with E-state index in [1.54, 1.807) is 24.4 Å². The number of aromatic nitrogens is 2. The Morgan fingerprint density at radius 3 is 2.17 bits per heavy atom. The lowest BCUT2D eigenvalue weighted by molar-refractivity contribution is -0.140. The third-order valence-electron chi connectivity index (χ3n) is 9.79. The van der Waals surface area contributed by atoms with Gasteiger partial charge in [0.25, 0.3) is 0 Å². The smallest absolute Gasteiger partial charge is 0.306 e. The number of pyridine rings is 1. The summed E-state index contributed by atoms with van der Waals surface area (Å²) in [4.78, 5) is 30.7. The monoisotopic (exact) mass is 833 g/mol. The Hall–Kier alpha value is -6.34. The second-order valence-electron chi connectivity index (χ2n) is 14.3. The first-order valence-corrected chi connectivity index (χ1v) is 19.5. The Balaban J connectivity index is 1.19. The van der Waals surface area contributed by atoms with Crippen LogP contribution in [-0.2, 0) is 35.9 Å². The van der Waals surface area contributed by atoms with E-state index in [2.05, 4.69) is 21.7 Å².